The van der Waals surface area contributed by atoms with Crippen LogP contribution in [0.1, 0.15) is 0 Å². The Morgan fingerprint density at radius 1 is 0.231 bits per heavy atom. The average Bonchev–Trinajstić information content (AvgIpc) is 3.75. The average molecular weight is 842 g/mol. The van der Waals surface area contributed by atoms with Crippen LogP contribution in [-0.2, 0) is 0 Å². The first-order valence-corrected chi connectivity index (χ1v) is 22.9. The highest BCUT2D eigenvalue weighted by molar-refractivity contribution is 7.25. The standard InChI is InChI=1S/C61H35N3S/c1-2-10-41(11-3-1)59-62-60(64-61(63-59)45-30-31-54-51(34-45)47-17-4-5-21-53(47)65-54)44-16-6-15-42(32-44)36-22-24-37(25-23-36)46-33-43-29-28-40-13-8-19-49-48-18-7-12-38-26-27-39-14-9-20-50(57(39)55(38)48)52(35-46)58(43)56(40)49/h1-35H. The summed E-state index contributed by atoms with van der Waals surface area (Å²) in [4.78, 5) is 15.3. The summed E-state index contributed by atoms with van der Waals surface area (Å²) in [6, 6.07) is 77.2. The molecular formula is C61H35N3S. The molecule has 0 N–H and O–H groups in total. The van der Waals surface area contributed by atoms with Crippen molar-refractivity contribution in [3.05, 3.63) is 212 Å². The number of rotatable bonds is 5. The fourth-order valence-electron chi connectivity index (χ4n) is 10.4. The number of hydrogen-bond donors (Lipinski definition) is 0. The first-order valence-electron chi connectivity index (χ1n) is 22.1. The van der Waals surface area contributed by atoms with Crippen molar-refractivity contribution in [1.29, 1.82) is 0 Å². The third-order valence-electron chi connectivity index (χ3n) is 13.4. The maximum Gasteiger partial charge on any atom is 0.164 e. The molecule has 65 heavy (non-hydrogen) atoms. The van der Waals surface area contributed by atoms with E-state index in [2.05, 4.69) is 194 Å². The van der Waals surface area contributed by atoms with Gasteiger partial charge in [-0.15, -0.1) is 11.3 Å². The molecule has 0 amide bonds. The second-order valence-electron chi connectivity index (χ2n) is 17.1. The van der Waals surface area contributed by atoms with Crippen molar-refractivity contribution in [2.75, 3.05) is 0 Å². The fourth-order valence-corrected chi connectivity index (χ4v) is 11.4. The highest BCUT2D eigenvalue weighted by atomic mass is 32.1. The van der Waals surface area contributed by atoms with Gasteiger partial charge in [0, 0.05) is 36.9 Å². The van der Waals surface area contributed by atoms with Crippen LogP contribution in [0.3, 0.4) is 0 Å². The van der Waals surface area contributed by atoms with Gasteiger partial charge >= 0.3 is 0 Å². The highest BCUT2D eigenvalue weighted by Gasteiger charge is 2.18. The van der Waals surface area contributed by atoms with E-state index >= 15 is 0 Å². The SMILES string of the molecule is c1ccc(-c2nc(-c3cccc(-c4ccc(-c5cc6ccc7cccc8c9cccc%10ccc%11cccc(c(c5)c6c78)c%11c%109)cc4)c3)nc(-c3ccc4sc5ccccc5c4c3)n2)cc1. The molecule has 14 aromatic rings. The van der Waals surface area contributed by atoms with Gasteiger partial charge in [0.05, 0.1) is 0 Å². The Bertz CT molecular complexity index is 4220. The van der Waals surface area contributed by atoms with Crippen LogP contribution in [-0.4, -0.2) is 15.0 Å². The van der Waals surface area contributed by atoms with E-state index in [1.165, 1.54) is 95.9 Å². The van der Waals surface area contributed by atoms with Gasteiger partial charge in [0.25, 0.3) is 0 Å². The quantitative estimate of drug-likeness (QED) is 0.162. The molecule has 300 valence electrons. The van der Waals surface area contributed by atoms with Crippen molar-refractivity contribution in [2.45, 2.75) is 0 Å². The minimum absolute atomic E-state index is 0.642. The van der Waals surface area contributed by atoms with E-state index in [0.29, 0.717) is 17.5 Å². The lowest BCUT2D eigenvalue weighted by molar-refractivity contribution is 1.07. The molecule has 12 aromatic carbocycles. The van der Waals surface area contributed by atoms with E-state index in [1.54, 1.807) is 0 Å². The van der Waals surface area contributed by atoms with Gasteiger partial charge in [0.2, 0.25) is 0 Å². The molecule has 3 nitrogen and oxygen atoms in total. The number of fused-ring (bicyclic) bond motifs is 5. The Hall–Kier alpha value is -8.31. The van der Waals surface area contributed by atoms with Crippen molar-refractivity contribution < 1.29 is 0 Å². The normalized spacial score (nSPS) is 12.0. The van der Waals surface area contributed by atoms with Crippen molar-refractivity contribution in [3.8, 4) is 56.4 Å². The Kier molecular flexibility index (Phi) is 7.85. The lowest BCUT2D eigenvalue weighted by Gasteiger charge is -2.17. The molecule has 0 saturated carbocycles. The summed E-state index contributed by atoms with van der Waals surface area (Å²) in [6.45, 7) is 0. The zero-order chi connectivity index (χ0) is 42.6. The zero-order valence-electron chi connectivity index (χ0n) is 35.0. The van der Waals surface area contributed by atoms with Crippen LogP contribution in [0.2, 0.25) is 0 Å². The molecule has 0 bridgehead atoms. The Labute approximate surface area is 377 Å². The van der Waals surface area contributed by atoms with E-state index in [0.717, 1.165) is 27.8 Å². The summed E-state index contributed by atoms with van der Waals surface area (Å²) in [6.07, 6.45) is 0. The summed E-state index contributed by atoms with van der Waals surface area (Å²) in [5.41, 5.74) is 7.45. The highest BCUT2D eigenvalue weighted by Crippen LogP contribution is 2.45. The van der Waals surface area contributed by atoms with E-state index in [4.69, 9.17) is 15.0 Å². The van der Waals surface area contributed by atoms with Gasteiger partial charge in [0.1, 0.15) is 0 Å². The maximum absolute atomic E-state index is 5.16. The van der Waals surface area contributed by atoms with E-state index in [9.17, 15) is 0 Å². The van der Waals surface area contributed by atoms with Crippen molar-refractivity contribution >= 4 is 96.1 Å². The van der Waals surface area contributed by atoms with Crippen LogP contribution in [0.15, 0.2) is 212 Å². The number of thiophene rings is 1. The fraction of sp³-hybridized carbons (Fsp3) is 0. The van der Waals surface area contributed by atoms with Crippen LogP contribution < -0.4 is 0 Å². The summed E-state index contributed by atoms with van der Waals surface area (Å²) in [5, 5.41) is 17.9. The Balaban J connectivity index is 0.893. The molecule has 0 spiro atoms. The van der Waals surface area contributed by atoms with Gasteiger partial charge in [-0.25, -0.2) is 15.0 Å². The van der Waals surface area contributed by atoms with Crippen LogP contribution in [0, 0.1) is 0 Å². The predicted molar refractivity (Wildman–Crippen MR) is 276 cm³/mol. The molecule has 2 heterocycles. The molecule has 0 fully saturated rings. The third kappa shape index (κ3) is 5.71. The van der Waals surface area contributed by atoms with Crippen molar-refractivity contribution in [3.63, 3.8) is 0 Å². The van der Waals surface area contributed by atoms with Gasteiger partial charge < -0.3 is 0 Å². The number of benzene rings is 11. The molecule has 0 atom stereocenters. The van der Waals surface area contributed by atoms with Crippen molar-refractivity contribution in [2.24, 2.45) is 0 Å². The summed E-state index contributed by atoms with van der Waals surface area (Å²) < 4.78 is 2.53. The topological polar surface area (TPSA) is 38.7 Å². The predicted octanol–water partition coefficient (Wildman–Crippen LogP) is 16.9. The van der Waals surface area contributed by atoms with Crippen LogP contribution >= 0.6 is 11.3 Å². The Morgan fingerprint density at radius 3 is 1.35 bits per heavy atom. The lowest BCUT2D eigenvalue weighted by atomic mass is 9.86. The largest absolute Gasteiger partial charge is 0.208 e. The maximum atomic E-state index is 5.16. The molecule has 14 rings (SSSR count). The molecule has 0 aliphatic rings. The molecular weight excluding hydrogens is 807 g/mol. The van der Waals surface area contributed by atoms with Gasteiger partial charge in [-0.1, -0.05) is 170 Å². The minimum atomic E-state index is 0.642. The molecule has 4 heteroatoms. The molecule has 2 aromatic heterocycles. The summed E-state index contributed by atoms with van der Waals surface area (Å²) in [7, 11) is 0. The first kappa shape index (κ1) is 36.2. The van der Waals surface area contributed by atoms with E-state index in [1.807, 2.05) is 29.5 Å². The van der Waals surface area contributed by atoms with Crippen LogP contribution in [0.25, 0.3) is 141 Å². The van der Waals surface area contributed by atoms with Gasteiger partial charge in [-0.05, 0) is 129 Å². The van der Waals surface area contributed by atoms with E-state index in [-0.39, 0.29) is 0 Å². The molecule has 0 unspecified atom stereocenters. The second-order valence-corrected chi connectivity index (χ2v) is 18.2. The number of nitrogens with zero attached hydrogens (tertiary/aromatic N) is 3. The van der Waals surface area contributed by atoms with Gasteiger partial charge in [-0.3, -0.25) is 0 Å². The van der Waals surface area contributed by atoms with Gasteiger partial charge in [-0.2, -0.15) is 0 Å². The summed E-state index contributed by atoms with van der Waals surface area (Å²) >= 11 is 1.81. The van der Waals surface area contributed by atoms with E-state index < -0.39 is 0 Å². The molecule has 0 aliphatic carbocycles. The third-order valence-corrected chi connectivity index (χ3v) is 14.6. The molecule has 0 radical (unpaired) electrons. The van der Waals surface area contributed by atoms with Crippen molar-refractivity contribution in [1.82, 2.24) is 15.0 Å². The lowest BCUT2D eigenvalue weighted by Crippen LogP contribution is -2.00. The Morgan fingerprint density at radius 2 is 0.677 bits per heavy atom. The molecule has 0 saturated heterocycles. The smallest absolute Gasteiger partial charge is 0.164 e. The van der Waals surface area contributed by atoms with Gasteiger partial charge in [0.15, 0.2) is 17.5 Å². The van der Waals surface area contributed by atoms with Crippen LogP contribution in [0.4, 0.5) is 0 Å². The zero-order valence-corrected chi connectivity index (χ0v) is 35.8. The monoisotopic (exact) mass is 841 g/mol. The first-order chi connectivity index (χ1) is 32.2. The van der Waals surface area contributed by atoms with Crippen LogP contribution in [0.5, 0.6) is 0 Å². The minimum Gasteiger partial charge on any atom is -0.208 e. The summed E-state index contributed by atoms with van der Waals surface area (Å²) in [5.74, 6) is 1.95. The molecule has 0 aliphatic heterocycles. The number of hydrogen-bond acceptors (Lipinski definition) is 4. The second kappa shape index (κ2) is 14.1. The number of aromatic nitrogens is 3.